The molecule has 0 spiro atoms. The molecule has 1 aliphatic rings. The summed E-state index contributed by atoms with van der Waals surface area (Å²) in [6, 6.07) is 16.9. The maximum absolute atomic E-state index is 12.9. The Kier molecular flexibility index (Phi) is 9.63. The third-order valence-electron chi connectivity index (χ3n) is 6.68. The number of aromatic hydroxyl groups is 3. The van der Waals surface area contributed by atoms with Gasteiger partial charge in [-0.25, -0.2) is 0 Å². The molecule has 3 aromatic carbocycles. The lowest BCUT2D eigenvalue weighted by Gasteiger charge is -2.44. The second kappa shape index (κ2) is 13.3. The topological polar surface area (TPSA) is 200 Å². The molecule has 1 aliphatic carbocycles. The van der Waals surface area contributed by atoms with Crippen molar-refractivity contribution in [2.24, 2.45) is 0 Å². The van der Waals surface area contributed by atoms with Gasteiger partial charge in [-0.15, -0.1) is 0 Å². The van der Waals surface area contributed by atoms with E-state index in [4.69, 9.17) is 14.2 Å². The summed E-state index contributed by atoms with van der Waals surface area (Å²) in [4.78, 5) is 38.6. The van der Waals surface area contributed by atoms with Gasteiger partial charge in [0.05, 0.1) is 19.3 Å². The van der Waals surface area contributed by atoms with Crippen LogP contribution in [0.25, 0.3) is 0 Å². The number of phenolic OH excluding ortho intramolecular Hbond substituents is 3. The number of carbonyl (C=O) groups is 3. The maximum Gasteiger partial charge on any atom is 0.310 e. The first-order valence-electron chi connectivity index (χ1n) is 13.0. The minimum atomic E-state index is -1.95. The molecule has 4 rings (SSSR count). The lowest BCUT2D eigenvalue weighted by atomic mass is 9.84. The third-order valence-corrected chi connectivity index (χ3v) is 6.68. The molecule has 222 valence electrons. The Bertz CT molecular complexity index is 1300. The summed E-state index contributed by atoms with van der Waals surface area (Å²) in [5.41, 5.74) is 1.33. The fourth-order valence-electron chi connectivity index (χ4n) is 4.50. The highest BCUT2D eigenvalue weighted by atomic mass is 16.6. The van der Waals surface area contributed by atoms with Gasteiger partial charge in [0, 0.05) is 0 Å². The minimum absolute atomic E-state index is 0.0236. The van der Waals surface area contributed by atoms with Crippen LogP contribution >= 0.6 is 0 Å². The zero-order chi connectivity index (χ0) is 30.4. The van der Waals surface area contributed by atoms with Crippen molar-refractivity contribution >= 4 is 17.9 Å². The van der Waals surface area contributed by atoms with Crippen LogP contribution in [0.1, 0.15) is 16.7 Å². The van der Waals surface area contributed by atoms with E-state index in [9.17, 15) is 45.0 Å². The maximum atomic E-state index is 12.9. The van der Waals surface area contributed by atoms with Gasteiger partial charge in [-0.1, -0.05) is 36.4 Å². The Morgan fingerprint density at radius 1 is 0.452 bits per heavy atom. The Morgan fingerprint density at radius 2 is 0.714 bits per heavy atom. The number of aliphatic hydroxyl groups excluding tert-OH is 3. The van der Waals surface area contributed by atoms with Crippen molar-refractivity contribution in [3.05, 3.63) is 89.5 Å². The Balaban J connectivity index is 1.57. The van der Waals surface area contributed by atoms with Crippen LogP contribution in [-0.4, -0.2) is 85.2 Å². The van der Waals surface area contributed by atoms with E-state index in [-0.39, 0.29) is 36.5 Å². The van der Waals surface area contributed by atoms with Crippen molar-refractivity contribution in [2.75, 3.05) is 0 Å². The largest absolute Gasteiger partial charge is 0.508 e. The van der Waals surface area contributed by atoms with E-state index in [0.29, 0.717) is 16.7 Å². The highest BCUT2D eigenvalue weighted by molar-refractivity contribution is 5.75. The molecule has 42 heavy (non-hydrogen) atoms. The number of aliphatic hydroxyl groups is 3. The molecular weight excluding hydrogens is 552 g/mol. The van der Waals surface area contributed by atoms with Crippen molar-refractivity contribution in [3.8, 4) is 17.2 Å². The minimum Gasteiger partial charge on any atom is -0.508 e. The van der Waals surface area contributed by atoms with Gasteiger partial charge in [0.25, 0.3) is 0 Å². The van der Waals surface area contributed by atoms with Crippen molar-refractivity contribution in [1.82, 2.24) is 0 Å². The molecule has 6 N–H and O–H groups in total. The Hall–Kier alpha value is -4.65. The molecule has 0 heterocycles. The molecule has 1 saturated carbocycles. The molecule has 0 saturated heterocycles. The molecular formula is C30H30O12. The SMILES string of the molecule is O=C(Cc1ccc(O)cc1)OC1[C@H](OC(=O)Cc2ccc(O)cc2)[C@@H](O)C(O)[C@H](O)[C@H]1OC(=O)Cc1ccc(O)cc1. The average molecular weight is 583 g/mol. The second-order valence-electron chi connectivity index (χ2n) is 9.86. The number of benzene rings is 3. The number of hydrogen-bond donors (Lipinski definition) is 6. The van der Waals surface area contributed by atoms with Crippen molar-refractivity contribution in [2.45, 2.75) is 55.9 Å². The van der Waals surface area contributed by atoms with Crippen LogP contribution in [0.5, 0.6) is 17.2 Å². The average Bonchev–Trinajstić information content (AvgIpc) is 2.95. The van der Waals surface area contributed by atoms with Crippen LogP contribution in [0.15, 0.2) is 72.8 Å². The number of ether oxygens (including phenoxy) is 3. The summed E-state index contributed by atoms with van der Waals surface area (Å²) >= 11 is 0. The molecule has 12 nitrogen and oxygen atoms in total. The van der Waals surface area contributed by atoms with E-state index in [1.807, 2.05) is 0 Å². The first-order chi connectivity index (χ1) is 20.0. The lowest BCUT2D eigenvalue weighted by Crippen LogP contribution is -2.66. The predicted octanol–water partition coefficient (Wildman–Crippen LogP) is 0.663. The number of carbonyl (C=O) groups excluding carboxylic acids is 3. The van der Waals surface area contributed by atoms with E-state index in [1.54, 1.807) is 0 Å². The van der Waals surface area contributed by atoms with Gasteiger partial charge in [0.1, 0.15) is 35.6 Å². The van der Waals surface area contributed by atoms with Gasteiger partial charge >= 0.3 is 17.9 Å². The summed E-state index contributed by atoms with van der Waals surface area (Å²) in [5.74, 6) is -2.78. The first-order valence-corrected chi connectivity index (χ1v) is 13.0. The third kappa shape index (κ3) is 7.75. The molecule has 0 radical (unpaired) electrons. The van der Waals surface area contributed by atoms with Gasteiger partial charge in [0.15, 0.2) is 18.3 Å². The molecule has 0 aromatic heterocycles. The first kappa shape index (κ1) is 30.3. The highest BCUT2D eigenvalue weighted by Crippen LogP contribution is 2.30. The van der Waals surface area contributed by atoms with E-state index >= 15 is 0 Å². The molecule has 4 atom stereocenters. The molecule has 3 aromatic rings. The van der Waals surface area contributed by atoms with Gasteiger partial charge < -0.3 is 44.8 Å². The van der Waals surface area contributed by atoms with Crippen LogP contribution < -0.4 is 0 Å². The highest BCUT2D eigenvalue weighted by Gasteiger charge is 2.55. The quantitative estimate of drug-likeness (QED) is 0.152. The number of hydrogen-bond acceptors (Lipinski definition) is 12. The van der Waals surface area contributed by atoms with Gasteiger partial charge in [-0.05, 0) is 53.1 Å². The zero-order valence-electron chi connectivity index (χ0n) is 22.1. The van der Waals surface area contributed by atoms with Gasteiger partial charge in [0.2, 0.25) is 0 Å². The van der Waals surface area contributed by atoms with Crippen molar-refractivity contribution in [3.63, 3.8) is 0 Å². The van der Waals surface area contributed by atoms with Crippen LogP contribution in [0.2, 0.25) is 0 Å². The normalized spacial score (nSPS) is 23.5. The van der Waals surface area contributed by atoms with E-state index in [2.05, 4.69) is 0 Å². The van der Waals surface area contributed by atoms with Gasteiger partial charge in [-0.3, -0.25) is 14.4 Å². The number of esters is 3. The summed E-state index contributed by atoms with van der Waals surface area (Å²) in [6.07, 6.45) is -12.0. The molecule has 12 heteroatoms. The fraction of sp³-hybridized carbons (Fsp3) is 0.300. The molecule has 0 unspecified atom stereocenters. The fourth-order valence-corrected chi connectivity index (χ4v) is 4.50. The van der Waals surface area contributed by atoms with Crippen LogP contribution in [0.3, 0.4) is 0 Å². The van der Waals surface area contributed by atoms with Crippen LogP contribution in [0.4, 0.5) is 0 Å². The molecule has 0 aliphatic heterocycles. The number of rotatable bonds is 9. The summed E-state index contributed by atoms with van der Waals surface area (Å²) in [5, 5.41) is 60.5. The zero-order valence-corrected chi connectivity index (χ0v) is 22.1. The van der Waals surface area contributed by atoms with Crippen LogP contribution in [-0.2, 0) is 47.9 Å². The standard InChI is InChI=1S/C30H30O12/c31-19-7-1-16(2-8-19)13-22(34)40-28-26(38)25(37)27(39)29(41-23(35)14-17-3-9-20(32)10-4-17)30(28)42-24(36)15-18-5-11-21(33)12-6-18/h1-12,25-33,37-39H,13-15H2/t25?,26-,27-,28+,29+,30?/m0/s1. The Morgan fingerprint density at radius 3 is 1.00 bits per heavy atom. The smallest absolute Gasteiger partial charge is 0.310 e. The van der Waals surface area contributed by atoms with E-state index < -0.39 is 54.5 Å². The van der Waals surface area contributed by atoms with Crippen molar-refractivity contribution < 1.29 is 59.2 Å². The molecule has 0 amide bonds. The monoisotopic (exact) mass is 582 g/mol. The number of phenols is 3. The van der Waals surface area contributed by atoms with Crippen LogP contribution in [0, 0.1) is 0 Å². The molecule has 0 bridgehead atoms. The lowest BCUT2D eigenvalue weighted by molar-refractivity contribution is -0.247. The summed E-state index contributed by atoms with van der Waals surface area (Å²) in [6.45, 7) is 0. The second-order valence-corrected chi connectivity index (χ2v) is 9.86. The molecule has 1 fully saturated rings. The Labute approximate surface area is 240 Å². The van der Waals surface area contributed by atoms with E-state index in [1.165, 1.54) is 72.8 Å². The summed E-state index contributed by atoms with van der Waals surface area (Å²) in [7, 11) is 0. The van der Waals surface area contributed by atoms with Gasteiger partial charge in [-0.2, -0.15) is 0 Å². The predicted molar refractivity (Wildman–Crippen MR) is 143 cm³/mol. The van der Waals surface area contributed by atoms with Crippen molar-refractivity contribution in [1.29, 1.82) is 0 Å². The summed E-state index contributed by atoms with van der Waals surface area (Å²) < 4.78 is 16.4. The van der Waals surface area contributed by atoms with E-state index in [0.717, 1.165) is 0 Å².